The first kappa shape index (κ1) is 25.9. The minimum atomic E-state index is -0.330. The summed E-state index contributed by atoms with van der Waals surface area (Å²) in [5, 5.41) is 15.2. The van der Waals surface area contributed by atoms with Crippen molar-refractivity contribution in [3.63, 3.8) is 0 Å². The van der Waals surface area contributed by atoms with Crippen LogP contribution in [-0.2, 0) is 11.3 Å². The van der Waals surface area contributed by atoms with E-state index >= 15 is 0 Å². The van der Waals surface area contributed by atoms with E-state index in [0.29, 0.717) is 27.7 Å². The van der Waals surface area contributed by atoms with Crippen LogP contribution in [0.4, 0.5) is 5.13 Å². The molecule has 186 valence electrons. The molecule has 2 aromatic carbocycles. The Bertz CT molecular complexity index is 1350. The number of thioether (sulfide) groups is 1. The van der Waals surface area contributed by atoms with Gasteiger partial charge in [-0.15, -0.1) is 28.1 Å². The van der Waals surface area contributed by atoms with Gasteiger partial charge in [-0.05, 0) is 56.2 Å². The molecule has 0 spiro atoms. The molecule has 0 radical (unpaired) electrons. The Hall–Kier alpha value is -3.14. The molecule has 0 aliphatic heterocycles. The number of anilines is 1. The van der Waals surface area contributed by atoms with Gasteiger partial charge in [-0.25, -0.2) is 4.98 Å². The number of benzene rings is 2. The lowest BCUT2D eigenvalue weighted by atomic mass is 10.1. The SMILES string of the molecule is C=CCn1c(SCC(=O)Nc2nc(-c3ccc(Cl)cc3)cs2)nnc1C(C)Oc1cc(C)cc(C)c1. The number of nitrogens with zero attached hydrogens (tertiary/aromatic N) is 4. The molecule has 7 nitrogen and oxygen atoms in total. The van der Waals surface area contributed by atoms with Gasteiger partial charge in [0, 0.05) is 22.5 Å². The second-order valence-electron chi connectivity index (χ2n) is 8.21. The molecule has 0 saturated heterocycles. The molecule has 0 aliphatic rings. The molecule has 1 unspecified atom stereocenters. The molecule has 2 aromatic heterocycles. The number of aryl methyl sites for hydroxylation is 2. The van der Waals surface area contributed by atoms with Crippen LogP contribution in [0, 0.1) is 13.8 Å². The van der Waals surface area contributed by atoms with E-state index in [1.54, 1.807) is 6.08 Å². The van der Waals surface area contributed by atoms with E-state index in [-0.39, 0.29) is 17.8 Å². The normalized spacial score (nSPS) is 11.8. The maximum Gasteiger partial charge on any atom is 0.236 e. The zero-order chi connectivity index (χ0) is 25.7. The Labute approximate surface area is 223 Å². The fourth-order valence-corrected chi connectivity index (χ4v) is 5.25. The predicted molar refractivity (Wildman–Crippen MR) is 147 cm³/mol. The number of thiazole rings is 1. The van der Waals surface area contributed by atoms with Crippen LogP contribution >= 0.6 is 34.7 Å². The molecule has 36 heavy (non-hydrogen) atoms. The number of rotatable bonds is 10. The van der Waals surface area contributed by atoms with E-state index in [1.807, 2.05) is 67.1 Å². The third-order valence-corrected chi connectivity index (χ3v) is 7.13. The molecule has 2 heterocycles. The first-order chi connectivity index (χ1) is 17.3. The van der Waals surface area contributed by atoms with Gasteiger partial charge in [0.15, 0.2) is 22.2 Å². The van der Waals surface area contributed by atoms with Crippen LogP contribution in [0.2, 0.25) is 5.02 Å². The number of hydrogen-bond acceptors (Lipinski definition) is 7. The van der Waals surface area contributed by atoms with Crippen LogP contribution in [0.1, 0.15) is 30.0 Å². The number of halogens is 1. The molecule has 10 heteroatoms. The number of nitrogens with one attached hydrogen (secondary N) is 1. The third kappa shape index (κ3) is 6.54. The van der Waals surface area contributed by atoms with Crippen LogP contribution in [0.5, 0.6) is 5.75 Å². The molecular weight excluding hydrogens is 514 g/mol. The maximum absolute atomic E-state index is 12.6. The molecular formula is C26H26ClN5O2S2. The highest BCUT2D eigenvalue weighted by atomic mass is 35.5. The first-order valence-corrected chi connectivity index (χ1v) is 13.5. The van der Waals surface area contributed by atoms with Crippen molar-refractivity contribution in [1.82, 2.24) is 19.7 Å². The van der Waals surface area contributed by atoms with E-state index in [0.717, 1.165) is 28.1 Å². The Morgan fingerprint density at radius 2 is 1.94 bits per heavy atom. The van der Waals surface area contributed by atoms with E-state index in [4.69, 9.17) is 16.3 Å². The van der Waals surface area contributed by atoms with Gasteiger partial charge in [0.25, 0.3) is 0 Å². The molecule has 0 aliphatic carbocycles. The van der Waals surface area contributed by atoms with Crippen molar-refractivity contribution >= 4 is 45.7 Å². The fraction of sp³-hybridized carbons (Fsp3) is 0.231. The summed E-state index contributed by atoms with van der Waals surface area (Å²) in [7, 11) is 0. The Morgan fingerprint density at radius 1 is 1.22 bits per heavy atom. The van der Waals surface area contributed by atoms with Crippen molar-refractivity contribution < 1.29 is 9.53 Å². The predicted octanol–water partition coefficient (Wildman–Crippen LogP) is 6.73. The topological polar surface area (TPSA) is 81.9 Å². The summed E-state index contributed by atoms with van der Waals surface area (Å²) in [6.07, 6.45) is 1.44. The number of aromatic nitrogens is 4. The molecule has 1 amide bonds. The van der Waals surface area contributed by atoms with Crippen molar-refractivity contribution in [3.8, 4) is 17.0 Å². The highest BCUT2D eigenvalue weighted by Gasteiger charge is 2.20. The minimum absolute atomic E-state index is 0.164. The second-order valence-corrected chi connectivity index (χ2v) is 10.4. The largest absolute Gasteiger partial charge is 0.483 e. The van der Waals surface area contributed by atoms with Gasteiger partial charge in [0.05, 0.1) is 11.4 Å². The van der Waals surface area contributed by atoms with Crippen LogP contribution in [0.15, 0.2) is 65.7 Å². The summed E-state index contributed by atoms with van der Waals surface area (Å²) >= 11 is 8.63. The Balaban J connectivity index is 1.39. The number of hydrogen-bond donors (Lipinski definition) is 1. The maximum atomic E-state index is 12.6. The number of carbonyl (C=O) groups excluding carboxylic acids is 1. The number of allylic oxidation sites excluding steroid dienone is 1. The molecule has 0 saturated carbocycles. The smallest absolute Gasteiger partial charge is 0.236 e. The fourth-order valence-electron chi connectivity index (χ4n) is 3.64. The summed E-state index contributed by atoms with van der Waals surface area (Å²) in [5.41, 5.74) is 3.99. The van der Waals surface area contributed by atoms with Crippen molar-refractivity contribution in [3.05, 3.63) is 82.5 Å². The van der Waals surface area contributed by atoms with Crippen molar-refractivity contribution in [1.29, 1.82) is 0 Å². The first-order valence-electron chi connectivity index (χ1n) is 11.3. The number of amides is 1. The van der Waals surface area contributed by atoms with Crippen molar-refractivity contribution in [2.75, 3.05) is 11.1 Å². The molecule has 0 bridgehead atoms. The zero-order valence-corrected chi connectivity index (χ0v) is 22.6. The Morgan fingerprint density at radius 3 is 2.64 bits per heavy atom. The Kier molecular flexibility index (Phi) is 8.45. The van der Waals surface area contributed by atoms with Gasteiger partial charge in [-0.2, -0.15) is 0 Å². The van der Waals surface area contributed by atoms with Gasteiger partial charge in [-0.3, -0.25) is 9.36 Å². The lowest BCUT2D eigenvalue weighted by Gasteiger charge is -2.16. The molecule has 1 N–H and O–H groups in total. The summed E-state index contributed by atoms with van der Waals surface area (Å²) in [4.78, 5) is 17.1. The van der Waals surface area contributed by atoms with Crippen LogP contribution in [0.25, 0.3) is 11.3 Å². The van der Waals surface area contributed by atoms with Crippen LogP contribution in [-0.4, -0.2) is 31.4 Å². The van der Waals surface area contributed by atoms with Gasteiger partial charge >= 0.3 is 0 Å². The minimum Gasteiger partial charge on any atom is -0.483 e. The highest BCUT2D eigenvalue weighted by Crippen LogP contribution is 2.28. The average molecular weight is 540 g/mol. The summed E-state index contributed by atoms with van der Waals surface area (Å²) < 4.78 is 8.07. The van der Waals surface area contributed by atoms with Crippen LogP contribution in [0.3, 0.4) is 0 Å². The van der Waals surface area contributed by atoms with Gasteiger partial charge in [0.2, 0.25) is 5.91 Å². The molecule has 4 rings (SSSR count). The number of ether oxygens (including phenoxy) is 1. The van der Waals surface area contributed by atoms with E-state index in [9.17, 15) is 4.79 Å². The van der Waals surface area contributed by atoms with Gasteiger partial charge in [0.1, 0.15) is 5.75 Å². The van der Waals surface area contributed by atoms with E-state index < -0.39 is 0 Å². The number of carbonyl (C=O) groups is 1. The lowest BCUT2D eigenvalue weighted by molar-refractivity contribution is -0.113. The van der Waals surface area contributed by atoms with Gasteiger partial charge in [-0.1, -0.05) is 47.6 Å². The summed E-state index contributed by atoms with van der Waals surface area (Å²) in [5.74, 6) is 1.44. The van der Waals surface area contributed by atoms with Crippen molar-refractivity contribution in [2.24, 2.45) is 0 Å². The molecule has 1 atom stereocenters. The molecule has 0 fully saturated rings. The lowest BCUT2D eigenvalue weighted by Crippen LogP contribution is -2.15. The van der Waals surface area contributed by atoms with Gasteiger partial charge < -0.3 is 10.1 Å². The second kappa shape index (κ2) is 11.7. The average Bonchev–Trinajstić information content (AvgIpc) is 3.45. The standard InChI is InChI=1S/C26H26ClN5O2S2/c1-5-10-32-24(18(4)34-21-12-16(2)11-17(3)13-21)30-31-26(32)36-15-23(33)29-25-28-22(14-35-25)19-6-8-20(27)9-7-19/h5-9,11-14,18H,1,10,15H2,2-4H3,(H,28,29,33). The summed E-state index contributed by atoms with van der Waals surface area (Å²) in [6, 6.07) is 13.5. The van der Waals surface area contributed by atoms with E-state index in [1.165, 1.54) is 23.1 Å². The monoisotopic (exact) mass is 539 g/mol. The van der Waals surface area contributed by atoms with E-state index in [2.05, 4.69) is 33.1 Å². The summed E-state index contributed by atoms with van der Waals surface area (Å²) in [6.45, 7) is 10.4. The third-order valence-electron chi connectivity index (χ3n) is 5.15. The van der Waals surface area contributed by atoms with Crippen molar-refractivity contribution in [2.45, 2.75) is 38.6 Å². The highest BCUT2D eigenvalue weighted by molar-refractivity contribution is 7.99. The zero-order valence-electron chi connectivity index (χ0n) is 20.2. The molecule has 4 aromatic rings. The quantitative estimate of drug-likeness (QED) is 0.178. The van der Waals surface area contributed by atoms with Crippen LogP contribution < -0.4 is 10.1 Å².